The molecule has 3 heterocycles. The first kappa shape index (κ1) is 25.7. The number of rotatable bonds is 6. The molecule has 4 atom stereocenters. The second kappa shape index (κ2) is 12.0. The van der Waals surface area contributed by atoms with Crippen molar-refractivity contribution in [3.63, 3.8) is 0 Å². The molecule has 1 saturated heterocycles. The van der Waals surface area contributed by atoms with Crippen molar-refractivity contribution < 1.29 is 19.1 Å². The summed E-state index contributed by atoms with van der Waals surface area (Å²) in [5.41, 5.74) is 0.911. The third-order valence-corrected chi connectivity index (χ3v) is 6.52. The summed E-state index contributed by atoms with van der Waals surface area (Å²) < 4.78 is 6.28. The van der Waals surface area contributed by atoms with Crippen LogP contribution in [-0.2, 0) is 14.4 Å². The van der Waals surface area contributed by atoms with Crippen molar-refractivity contribution in [2.75, 3.05) is 13.6 Å². The number of carbonyl (C=O) groups is 3. The molecule has 0 aliphatic carbocycles. The van der Waals surface area contributed by atoms with Crippen LogP contribution in [0.25, 0.3) is 6.08 Å². The van der Waals surface area contributed by atoms with Crippen LogP contribution in [0, 0.1) is 5.92 Å². The van der Waals surface area contributed by atoms with Crippen molar-refractivity contribution in [1.82, 2.24) is 20.9 Å². The van der Waals surface area contributed by atoms with Crippen LogP contribution in [0.4, 0.5) is 0 Å². The summed E-state index contributed by atoms with van der Waals surface area (Å²) in [6, 6.07) is 5.49. The smallest absolute Gasteiger partial charge is 0.247 e. The van der Waals surface area contributed by atoms with Gasteiger partial charge in [-0.1, -0.05) is 45.7 Å². The number of hydrogen-bond acceptors (Lipinski definition) is 5. The highest BCUT2D eigenvalue weighted by Crippen LogP contribution is 2.22. The Bertz CT molecular complexity index is 883. The van der Waals surface area contributed by atoms with E-state index in [2.05, 4.69) is 16.0 Å². The zero-order chi connectivity index (χ0) is 24.7. The van der Waals surface area contributed by atoms with Crippen LogP contribution >= 0.6 is 0 Å². The van der Waals surface area contributed by atoms with E-state index in [0.29, 0.717) is 12.2 Å². The zero-order valence-corrected chi connectivity index (χ0v) is 20.7. The molecule has 1 aromatic carbocycles. The number of likely N-dealkylation sites (N-methyl/N-ethyl adjacent to an activating group) is 1. The minimum absolute atomic E-state index is 0.0762. The van der Waals surface area contributed by atoms with E-state index in [0.717, 1.165) is 37.8 Å². The monoisotopic (exact) mass is 470 g/mol. The van der Waals surface area contributed by atoms with E-state index < -0.39 is 24.1 Å². The minimum Gasteiger partial charge on any atom is -0.487 e. The second-order valence-electron chi connectivity index (χ2n) is 9.57. The Balaban J connectivity index is 1.95. The predicted molar refractivity (Wildman–Crippen MR) is 132 cm³/mol. The Morgan fingerprint density at radius 2 is 1.94 bits per heavy atom. The molecule has 1 fully saturated rings. The number of fused-ring (bicyclic) bond motifs is 10. The van der Waals surface area contributed by atoms with Crippen LogP contribution in [0.5, 0.6) is 5.75 Å². The summed E-state index contributed by atoms with van der Waals surface area (Å²) in [7, 11) is 1.92. The molecule has 3 amide bonds. The average molecular weight is 471 g/mol. The predicted octanol–water partition coefficient (Wildman–Crippen LogP) is 2.44. The molecule has 3 aliphatic rings. The number of ether oxygens (including phenoxy) is 1. The van der Waals surface area contributed by atoms with E-state index in [-0.39, 0.29) is 23.8 Å². The van der Waals surface area contributed by atoms with E-state index in [9.17, 15) is 14.4 Å². The topological polar surface area (TPSA) is 99.8 Å². The molecule has 0 spiro atoms. The number of nitrogens with zero attached hydrogens (tertiary/aromatic N) is 1. The molecule has 0 aromatic heterocycles. The van der Waals surface area contributed by atoms with Gasteiger partial charge in [-0.25, -0.2) is 0 Å². The van der Waals surface area contributed by atoms with E-state index in [4.69, 9.17) is 4.74 Å². The maximum atomic E-state index is 13.6. The minimum atomic E-state index is -0.948. The number of nitrogens with one attached hydrogen (secondary N) is 3. The Kier molecular flexibility index (Phi) is 9.10. The summed E-state index contributed by atoms with van der Waals surface area (Å²) in [5.74, 6) is -0.350. The largest absolute Gasteiger partial charge is 0.487 e. The van der Waals surface area contributed by atoms with E-state index in [1.807, 2.05) is 57.0 Å². The van der Waals surface area contributed by atoms with Crippen molar-refractivity contribution in [3.05, 3.63) is 36.0 Å². The fourth-order valence-electron chi connectivity index (χ4n) is 4.45. The van der Waals surface area contributed by atoms with Gasteiger partial charge in [0.15, 0.2) is 0 Å². The van der Waals surface area contributed by atoms with Gasteiger partial charge in [0.2, 0.25) is 17.7 Å². The van der Waals surface area contributed by atoms with E-state index in [1.165, 1.54) is 0 Å². The van der Waals surface area contributed by atoms with Crippen molar-refractivity contribution >= 4 is 23.8 Å². The quantitative estimate of drug-likeness (QED) is 0.593. The van der Waals surface area contributed by atoms with Gasteiger partial charge < -0.3 is 20.7 Å². The summed E-state index contributed by atoms with van der Waals surface area (Å²) in [4.78, 5) is 41.7. The Morgan fingerprint density at radius 1 is 1.21 bits per heavy atom. The molecule has 0 saturated carbocycles. The van der Waals surface area contributed by atoms with Crippen molar-refractivity contribution in [1.29, 1.82) is 0 Å². The van der Waals surface area contributed by atoms with Gasteiger partial charge in [-0.05, 0) is 62.5 Å². The van der Waals surface area contributed by atoms with Crippen LogP contribution in [0.15, 0.2) is 30.5 Å². The highest BCUT2D eigenvalue weighted by molar-refractivity contribution is 5.94. The Hall–Kier alpha value is -2.87. The first-order valence-corrected chi connectivity index (χ1v) is 12.3. The molecule has 4 rings (SSSR count). The van der Waals surface area contributed by atoms with Crippen molar-refractivity contribution in [2.24, 2.45) is 5.92 Å². The first-order chi connectivity index (χ1) is 16.3. The Morgan fingerprint density at radius 3 is 2.56 bits per heavy atom. The van der Waals surface area contributed by atoms with Crippen molar-refractivity contribution in [3.8, 4) is 5.75 Å². The summed E-state index contributed by atoms with van der Waals surface area (Å²) in [6.45, 7) is 6.80. The van der Waals surface area contributed by atoms with Gasteiger partial charge in [0.1, 0.15) is 23.9 Å². The SMILES string of the molecule is CCCCC1NC(=O)C(NC(=O)C2CCCN2C)C(C(C)C)Oc2ccc(cc2)C=CNC1=O. The molecular formula is C26H38N4O4. The van der Waals surface area contributed by atoms with Crippen LogP contribution < -0.4 is 20.7 Å². The standard InChI is InChI=1S/C26H38N4O4/c1-5-6-8-20-24(31)27-15-14-18-10-12-19(13-11-18)34-23(17(2)3)22(26(33)28-20)29-25(32)21-9-7-16-30(21)4/h10-15,17,20-23H,5-9,16H2,1-4H3,(H,27,31)(H,28,33)(H,29,32). The summed E-state index contributed by atoms with van der Waals surface area (Å²) in [6.07, 6.45) is 6.65. The normalized spacial score (nSPS) is 26.0. The number of carbonyl (C=O) groups excluding carboxylic acids is 3. The molecule has 8 heteroatoms. The number of amides is 3. The summed E-state index contributed by atoms with van der Waals surface area (Å²) in [5, 5.41) is 8.65. The van der Waals surface area contributed by atoms with Crippen molar-refractivity contribution in [2.45, 2.75) is 77.1 Å². The number of benzene rings is 1. The van der Waals surface area contributed by atoms with Gasteiger partial charge in [-0.2, -0.15) is 0 Å². The highest BCUT2D eigenvalue weighted by atomic mass is 16.5. The van der Waals surface area contributed by atoms with Crippen LogP contribution in [0.3, 0.4) is 0 Å². The van der Waals surface area contributed by atoms with Gasteiger partial charge in [-0.3, -0.25) is 19.3 Å². The fraction of sp³-hybridized carbons (Fsp3) is 0.577. The lowest BCUT2D eigenvalue weighted by atomic mass is 9.97. The number of likely N-dealkylation sites (tertiary alicyclic amines) is 1. The van der Waals surface area contributed by atoms with Gasteiger partial charge >= 0.3 is 0 Å². The van der Waals surface area contributed by atoms with E-state index >= 15 is 0 Å². The molecule has 1 aromatic rings. The molecule has 4 unspecified atom stereocenters. The number of unbranched alkanes of at least 4 members (excludes halogenated alkanes) is 1. The fourth-order valence-corrected chi connectivity index (χ4v) is 4.45. The van der Waals surface area contributed by atoms with Gasteiger partial charge in [-0.15, -0.1) is 0 Å². The third-order valence-electron chi connectivity index (χ3n) is 6.52. The lowest BCUT2D eigenvalue weighted by Gasteiger charge is -2.33. The molecule has 3 aliphatic heterocycles. The molecule has 0 radical (unpaired) electrons. The molecule has 3 N–H and O–H groups in total. The van der Waals surface area contributed by atoms with E-state index in [1.54, 1.807) is 12.3 Å². The van der Waals surface area contributed by atoms with Gasteiger partial charge in [0.05, 0.1) is 6.04 Å². The van der Waals surface area contributed by atoms with Crippen LogP contribution in [-0.4, -0.2) is 60.4 Å². The Labute approximate surface area is 202 Å². The molecular weight excluding hydrogens is 432 g/mol. The lowest BCUT2D eigenvalue weighted by molar-refractivity contribution is -0.136. The molecule has 34 heavy (non-hydrogen) atoms. The third kappa shape index (κ3) is 6.59. The second-order valence-corrected chi connectivity index (χ2v) is 9.57. The van der Waals surface area contributed by atoms with Gasteiger partial charge in [0.25, 0.3) is 0 Å². The molecule has 186 valence electrons. The van der Waals surface area contributed by atoms with Crippen LogP contribution in [0.2, 0.25) is 0 Å². The maximum absolute atomic E-state index is 13.6. The van der Waals surface area contributed by atoms with Gasteiger partial charge in [0, 0.05) is 6.20 Å². The maximum Gasteiger partial charge on any atom is 0.247 e. The first-order valence-electron chi connectivity index (χ1n) is 12.3. The average Bonchev–Trinajstić information content (AvgIpc) is 3.24. The highest BCUT2D eigenvalue weighted by Gasteiger charge is 2.38. The summed E-state index contributed by atoms with van der Waals surface area (Å²) >= 11 is 0. The number of hydrogen-bond donors (Lipinski definition) is 3. The zero-order valence-electron chi connectivity index (χ0n) is 20.7. The molecule has 2 bridgehead atoms. The molecule has 8 nitrogen and oxygen atoms in total. The lowest BCUT2D eigenvalue weighted by Crippen LogP contribution is -2.61. The van der Waals surface area contributed by atoms with Crippen LogP contribution in [0.1, 0.15) is 58.4 Å².